The lowest BCUT2D eigenvalue weighted by atomic mass is 9.89. The van der Waals surface area contributed by atoms with Gasteiger partial charge in [-0.15, -0.1) is 0 Å². The maximum absolute atomic E-state index is 11.8. The van der Waals surface area contributed by atoms with E-state index in [-0.39, 0.29) is 17.7 Å². The SMILES string of the molecule is CC(=O)C12CC1C(C)(CCC=C(C)C)OC2=O. The molecule has 1 saturated heterocycles. The minimum atomic E-state index is -0.778. The van der Waals surface area contributed by atoms with Crippen LogP contribution in [0, 0.1) is 11.3 Å². The summed E-state index contributed by atoms with van der Waals surface area (Å²) in [5.74, 6) is -0.223. The van der Waals surface area contributed by atoms with E-state index in [1.54, 1.807) is 0 Å². The summed E-state index contributed by atoms with van der Waals surface area (Å²) in [7, 11) is 0. The molecule has 17 heavy (non-hydrogen) atoms. The van der Waals surface area contributed by atoms with E-state index in [0.29, 0.717) is 6.42 Å². The second-order valence-corrected chi connectivity index (χ2v) is 5.81. The summed E-state index contributed by atoms with van der Waals surface area (Å²) in [5.41, 5.74) is 0.0561. The molecule has 3 unspecified atom stereocenters. The number of hydrogen-bond acceptors (Lipinski definition) is 3. The average molecular weight is 236 g/mol. The fourth-order valence-corrected chi connectivity index (χ4v) is 3.01. The lowest BCUT2D eigenvalue weighted by molar-refractivity contribution is -0.157. The number of carbonyl (C=O) groups excluding carboxylic acids is 2. The molecule has 0 aromatic rings. The fraction of sp³-hybridized carbons (Fsp3) is 0.714. The molecule has 3 atom stereocenters. The maximum atomic E-state index is 11.8. The third-order valence-corrected chi connectivity index (χ3v) is 4.21. The number of allylic oxidation sites excluding steroid dienone is 2. The van der Waals surface area contributed by atoms with Crippen LogP contribution in [-0.2, 0) is 14.3 Å². The summed E-state index contributed by atoms with van der Waals surface area (Å²) in [4.78, 5) is 23.4. The van der Waals surface area contributed by atoms with Gasteiger partial charge in [0.2, 0.25) is 0 Å². The molecule has 2 rings (SSSR count). The van der Waals surface area contributed by atoms with Gasteiger partial charge in [0.05, 0.1) is 0 Å². The number of ether oxygens (including phenoxy) is 1. The number of esters is 1. The lowest BCUT2D eigenvalue weighted by Crippen LogP contribution is -2.28. The number of hydrogen-bond donors (Lipinski definition) is 0. The molecule has 2 aliphatic rings. The Morgan fingerprint density at radius 1 is 1.47 bits per heavy atom. The Morgan fingerprint density at radius 2 is 2.12 bits per heavy atom. The van der Waals surface area contributed by atoms with Crippen LogP contribution in [0.4, 0.5) is 0 Å². The summed E-state index contributed by atoms with van der Waals surface area (Å²) in [6, 6.07) is 0. The monoisotopic (exact) mass is 236 g/mol. The fourth-order valence-electron chi connectivity index (χ4n) is 3.01. The number of carbonyl (C=O) groups is 2. The topological polar surface area (TPSA) is 43.4 Å². The van der Waals surface area contributed by atoms with Crippen LogP contribution in [-0.4, -0.2) is 17.4 Å². The van der Waals surface area contributed by atoms with Gasteiger partial charge in [-0.2, -0.15) is 0 Å². The highest BCUT2D eigenvalue weighted by Gasteiger charge is 2.76. The Morgan fingerprint density at radius 3 is 2.53 bits per heavy atom. The Hall–Kier alpha value is -1.12. The zero-order valence-electron chi connectivity index (χ0n) is 11.0. The smallest absolute Gasteiger partial charge is 0.320 e. The normalized spacial score (nSPS) is 38.4. The van der Waals surface area contributed by atoms with Gasteiger partial charge in [-0.3, -0.25) is 9.59 Å². The van der Waals surface area contributed by atoms with Crippen molar-refractivity contribution >= 4 is 11.8 Å². The zero-order valence-corrected chi connectivity index (χ0v) is 11.0. The van der Waals surface area contributed by atoms with Crippen LogP contribution in [0.15, 0.2) is 11.6 Å². The average Bonchev–Trinajstić information content (AvgIpc) is 2.88. The van der Waals surface area contributed by atoms with E-state index in [0.717, 1.165) is 12.8 Å². The molecular formula is C14H20O3. The summed E-state index contributed by atoms with van der Waals surface area (Å²) in [6.07, 6.45) is 4.54. The molecule has 0 aromatic carbocycles. The number of Topliss-reactive ketones (excluding diaryl/α,β-unsaturated/α-hetero) is 1. The van der Waals surface area contributed by atoms with E-state index >= 15 is 0 Å². The van der Waals surface area contributed by atoms with E-state index in [2.05, 4.69) is 19.9 Å². The van der Waals surface area contributed by atoms with Crippen molar-refractivity contribution < 1.29 is 14.3 Å². The molecule has 3 heteroatoms. The van der Waals surface area contributed by atoms with Crippen LogP contribution in [0.3, 0.4) is 0 Å². The van der Waals surface area contributed by atoms with Gasteiger partial charge in [-0.25, -0.2) is 0 Å². The highest BCUT2D eigenvalue weighted by molar-refractivity contribution is 6.08. The molecule has 0 spiro atoms. The lowest BCUT2D eigenvalue weighted by Gasteiger charge is -2.24. The molecule has 1 aliphatic carbocycles. The molecule has 1 aliphatic heterocycles. The van der Waals surface area contributed by atoms with Crippen molar-refractivity contribution in [2.75, 3.05) is 0 Å². The largest absolute Gasteiger partial charge is 0.458 e. The van der Waals surface area contributed by atoms with Crippen molar-refractivity contribution in [2.24, 2.45) is 11.3 Å². The first-order valence-corrected chi connectivity index (χ1v) is 6.21. The zero-order chi connectivity index (χ0) is 12.8. The maximum Gasteiger partial charge on any atom is 0.320 e. The number of cyclic esters (lactones) is 1. The number of ketones is 1. The van der Waals surface area contributed by atoms with Crippen LogP contribution in [0.5, 0.6) is 0 Å². The molecule has 2 fully saturated rings. The summed E-state index contributed by atoms with van der Waals surface area (Å²) >= 11 is 0. The van der Waals surface area contributed by atoms with Crippen LogP contribution < -0.4 is 0 Å². The number of fused-ring (bicyclic) bond motifs is 1. The Labute approximate surface area is 102 Å². The molecule has 0 aromatic heterocycles. The summed E-state index contributed by atoms with van der Waals surface area (Å²) < 4.78 is 5.47. The first kappa shape index (κ1) is 12.3. The van der Waals surface area contributed by atoms with Crippen molar-refractivity contribution in [1.82, 2.24) is 0 Å². The van der Waals surface area contributed by atoms with Crippen LogP contribution in [0.25, 0.3) is 0 Å². The minimum Gasteiger partial charge on any atom is -0.458 e. The van der Waals surface area contributed by atoms with Gasteiger partial charge in [0, 0.05) is 5.92 Å². The second-order valence-electron chi connectivity index (χ2n) is 5.81. The van der Waals surface area contributed by atoms with E-state index in [1.165, 1.54) is 12.5 Å². The molecule has 0 N–H and O–H groups in total. The molecular weight excluding hydrogens is 216 g/mol. The van der Waals surface area contributed by atoms with Gasteiger partial charge in [0.15, 0.2) is 0 Å². The van der Waals surface area contributed by atoms with E-state index in [1.807, 2.05) is 6.92 Å². The molecule has 1 saturated carbocycles. The molecule has 1 heterocycles. The highest BCUT2D eigenvalue weighted by atomic mass is 16.6. The van der Waals surface area contributed by atoms with Crippen molar-refractivity contribution in [1.29, 1.82) is 0 Å². The van der Waals surface area contributed by atoms with Gasteiger partial charge < -0.3 is 4.74 Å². The first-order valence-electron chi connectivity index (χ1n) is 6.21. The quantitative estimate of drug-likeness (QED) is 0.428. The Kier molecular flexibility index (Phi) is 2.68. The third kappa shape index (κ3) is 1.72. The van der Waals surface area contributed by atoms with Crippen molar-refractivity contribution in [3.8, 4) is 0 Å². The van der Waals surface area contributed by atoms with Gasteiger partial charge in [-0.05, 0) is 47.0 Å². The van der Waals surface area contributed by atoms with Crippen LogP contribution in [0.1, 0.15) is 47.0 Å². The van der Waals surface area contributed by atoms with Crippen LogP contribution >= 0.6 is 0 Å². The van der Waals surface area contributed by atoms with E-state index in [9.17, 15) is 9.59 Å². The predicted octanol–water partition coefficient (Wildman–Crippen LogP) is 2.64. The van der Waals surface area contributed by atoms with Crippen molar-refractivity contribution in [3.05, 3.63) is 11.6 Å². The molecule has 0 bridgehead atoms. The minimum absolute atomic E-state index is 0.0292. The summed E-state index contributed by atoms with van der Waals surface area (Å²) in [5, 5.41) is 0. The van der Waals surface area contributed by atoms with Gasteiger partial charge in [-0.1, -0.05) is 11.6 Å². The number of rotatable bonds is 4. The van der Waals surface area contributed by atoms with Gasteiger partial charge in [0.1, 0.15) is 16.8 Å². The standard InChI is InChI=1S/C14H20O3/c1-9(2)6-5-7-13(4)11-8-14(11,10(3)15)12(16)17-13/h6,11H,5,7-8H2,1-4H3. The van der Waals surface area contributed by atoms with Gasteiger partial charge in [0.25, 0.3) is 0 Å². The Bertz CT molecular complexity index is 406. The van der Waals surface area contributed by atoms with E-state index < -0.39 is 11.0 Å². The molecule has 94 valence electrons. The van der Waals surface area contributed by atoms with E-state index in [4.69, 9.17) is 4.74 Å². The molecule has 0 amide bonds. The molecule has 0 radical (unpaired) electrons. The second kappa shape index (κ2) is 3.69. The van der Waals surface area contributed by atoms with Crippen molar-refractivity contribution in [3.63, 3.8) is 0 Å². The third-order valence-electron chi connectivity index (χ3n) is 4.21. The highest BCUT2D eigenvalue weighted by Crippen LogP contribution is 2.66. The molecule has 3 nitrogen and oxygen atoms in total. The van der Waals surface area contributed by atoms with Crippen LogP contribution in [0.2, 0.25) is 0 Å². The van der Waals surface area contributed by atoms with Gasteiger partial charge >= 0.3 is 5.97 Å². The van der Waals surface area contributed by atoms with Crippen molar-refractivity contribution in [2.45, 2.75) is 52.6 Å². The first-order chi connectivity index (χ1) is 7.83. The Balaban J connectivity index is 2.08. The summed E-state index contributed by atoms with van der Waals surface area (Å²) in [6.45, 7) is 7.58. The predicted molar refractivity (Wildman–Crippen MR) is 64.4 cm³/mol.